The van der Waals surface area contributed by atoms with E-state index in [0.29, 0.717) is 22.8 Å². The van der Waals surface area contributed by atoms with Crippen molar-refractivity contribution in [3.63, 3.8) is 0 Å². The number of nitrogens with two attached hydrogens (primary N) is 1. The minimum absolute atomic E-state index is 0.0233. The van der Waals surface area contributed by atoms with Crippen molar-refractivity contribution in [2.24, 2.45) is 10.9 Å². The molecule has 0 fully saturated rings. The zero-order valence-corrected chi connectivity index (χ0v) is 16.1. The van der Waals surface area contributed by atoms with Crippen LogP contribution in [0.3, 0.4) is 0 Å². The van der Waals surface area contributed by atoms with Gasteiger partial charge in [0.2, 0.25) is 0 Å². The highest BCUT2D eigenvalue weighted by atomic mass is 79.9. The van der Waals surface area contributed by atoms with Crippen LogP contribution in [-0.2, 0) is 9.63 Å². The van der Waals surface area contributed by atoms with Crippen LogP contribution < -0.4 is 19.9 Å². The number of benzene rings is 2. The number of hydrogen-bond acceptors (Lipinski definition) is 6. The Hall–Kier alpha value is -2.74. The highest BCUT2D eigenvalue weighted by molar-refractivity contribution is 9.10. The first-order chi connectivity index (χ1) is 12.4. The molecule has 2 aromatic rings. The van der Waals surface area contributed by atoms with E-state index in [4.69, 9.17) is 24.8 Å². The molecule has 1 atom stereocenters. The average Bonchev–Trinajstić information content (AvgIpc) is 2.66. The molecule has 0 spiro atoms. The van der Waals surface area contributed by atoms with Gasteiger partial charge in [-0.3, -0.25) is 0 Å². The van der Waals surface area contributed by atoms with E-state index in [0.717, 1.165) is 4.47 Å². The van der Waals surface area contributed by atoms with E-state index in [9.17, 15) is 4.79 Å². The molecule has 0 radical (unpaired) electrons. The normalized spacial score (nSPS) is 12.2. The fraction of sp³-hybridized carbons (Fsp3) is 0.222. The van der Waals surface area contributed by atoms with Crippen LogP contribution in [0.2, 0.25) is 0 Å². The van der Waals surface area contributed by atoms with Crippen LogP contribution in [0.1, 0.15) is 12.5 Å². The highest BCUT2D eigenvalue weighted by Crippen LogP contribution is 2.27. The molecule has 0 aliphatic carbocycles. The van der Waals surface area contributed by atoms with Gasteiger partial charge >= 0.3 is 5.97 Å². The molecule has 0 aliphatic heterocycles. The molecular weight excluding hydrogens is 404 g/mol. The Morgan fingerprint density at radius 2 is 1.73 bits per heavy atom. The number of nitrogens with zero attached hydrogens (tertiary/aromatic N) is 1. The molecule has 7 nitrogen and oxygen atoms in total. The quantitative estimate of drug-likeness (QED) is 0.319. The van der Waals surface area contributed by atoms with Crippen LogP contribution in [0.5, 0.6) is 17.2 Å². The van der Waals surface area contributed by atoms with Crippen molar-refractivity contribution < 1.29 is 23.8 Å². The summed E-state index contributed by atoms with van der Waals surface area (Å²) in [6.07, 6.45) is -0.849. The van der Waals surface area contributed by atoms with Gasteiger partial charge in [0.15, 0.2) is 23.4 Å². The molecule has 2 aromatic carbocycles. The Morgan fingerprint density at radius 1 is 1.08 bits per heavy atom. The fourth-order valence-electron chi connectivity index (χ4n) is 1.98. The molecular formula is C18H19BrN2O5. The lowest BCUT2D eigenvalue weighted by Crippen LogP contribution is -2.26. The Morgan fingerprint density at radius 3 is 2.35 bits per heavy atom. The third-order valence-electron chi connectivity index (χ3n) is 3.37. The number of rotatable bonds is 7. The third-order valence-corrected chi connectivity index (χ3v) is 3.90. The number of carbonyl (C=O) groups is 1. The van der Waals surface area contributed by atoms with E-state index in [1.807, 2.05) is 0 Å². The van der Waals surface area contributed by atoms with Gasteiger partial charge in [0.25, 0.3) is 0 Å². The second-order valence-corrected chi connectivity index (χ2v) is 6.09. The van der Waals surface area contributed by atoms with Crippen LogP contribution in [-0.4, -0.2) is 32.1 Å². The van der Waals surface area contributed by atoms with Gasteiger partial charge in [0.1, 0.15) is 5.75 Å². The SMILES string of the molecule is COc1ccc(/C(N)=N\OC(=O)[C@@H](C)Oc2ccc(Br)cc2)cc1OC. The second kappa shape index (κ2) is 9.10. The largest absolute Gasteiger partial charge is 0.493 e. The van der Waals surface area contributed by atoms with E-state index in [-0.39, 0.29) is 5.84 Å². The zero-order valence-electron chi connectivity index (χ0n) is 14.6. The van der Waals surface area contributed by atoms with Gasteiger partial charge in [0, 0.05) is 10.0 Å². The number of ether oxygens (including phenoxy) is 3. The first kappa shape index (κ1) is 19.6. The van der Waals surface area contributed by atoms with Gasteiger partial charge in [0.05, 0.1) is 14.2 Å². The summed E-state index contributed by atoms with van der Waals surface area (Å²) < 4.78 is 16.8. The van der Waals surface area contributed by atoms with Crippen molar-refractivity contribution in [1.29, 1.82) is 0 Å². The summed E-state index contributed by atoms with van der Waals surface area (Å²) >= 11 is 3.33. The molecule has 0 aliphatic rings. The number of halogens is 1. The van der Waals surface area contributed by atoms with Crippen LogP contribution in [0.25, 0.3) is 0 Å². The predicted octanol–water partition coefficient (Wildman–Crippen LogP) is 3.10. The van der Waals surface area contributed by atoms with Crippen molar-refractivity contribution in [3.05, 3.63) is 52.5 Å². The predicted molar refractivity (Wildman–Crippen MR) is 101 cm³/mol. The average molecular weight is 423 g/mol. The van der Waals surface area contributed by atoms with Crippen LogP contribution in [0.15, 0.2) is 52.1 Å². The zero-order chi connectivity index (χ0) is 19.1. The molecule has 138 valence electrons. The van der Waals surface area contributed by atoms with E-state index in [2.05, 4.69) is 21.1 Å². The molecule has 0 amide bonds. The lowest BCUT2D eigenvalue weighted by Gasteiger charge is -2.12. The summed E-state index contributed by atoms with van der Waals surface area (Å²) in [5, 5.41) is 3.66. The molecule has 0 heterocycles. The van der Waals surface area contributed by atoms with E-state index >= 15 is 0 Å². The van der Waals surface area contributed by atoms with Crippen molar-refractivity contribution in [1.82, 2.24) is 0 Å². The number of hydrogen-bond donors (Lipinski definition) is 1. The fourth-order valence-corrected chi connectivity index (χ4v) is 2.25. The summed E-state index contributed by atoms with van der Waals surface area (Å²) in [6, 6.07) is 12.1. The Kier molecular flexibility index (Phi) is 6.85. The summed E-state index contributed by atoms with van der Waals surface area (Å²) in [4.78, 5) is 16.9. The molecule has 26 heavy (non-hydrogen) atoms. The maximum absolute atomic E-state index is 12.0. The highest BCUT2D eigenvalue weighted by Gasteiger charge is 2.17. The summed E-state index contributed by atoms with van der Waals surface area (Å²) in [7, 11) is 3.04. The topological polar surface area (TPSA) is 92.4 Å². The van der Waals surface area contributed by atoms with Gasteiger partial charge in [-0.1, -0.05) is 21.1 Å². The molecule has 0 aromatic heterocycles. The van der Waals surface area contributed by atoms with E-state index in [1.54, 1.807) is 49.4 Å². The van der Waals surface area contributed by atoms with Crippen molar-refractivity contribution in [2.75, 3.05) is 14.2 Å². The minimum atomic E-state index is -0.849. The molecule has 0 bridgehead atoms. The van der Waals surface area contributed by atoms with E-state index < -0.39 is 12.1 Å². The van der Waals surface area contributed by atoms with Crippen molar-refractivity contribution in [2.45, 2.75) is 13.0 Å². The lowest BCUT2D eigenvalue weighted by molar-refractivity contribution is -0.151. The van der Waals surface area contributed by atoms with Gasteiger partial charge in [-0.05, 0) is 49.4 Å². The van der Waals surface area contributed by atoms with Gasteiger partial charge in [-0.15, -0.1) is 0 Å². The number of carbonyl (C=O) groups excluding carboxylic acids is 1. The van der Waals surface area contributed by atoms with Crippen molar-refractivity contribution >= 4 is 27.7 Å². The van der Waals surface area contributed by atoms with Gasteiger partial charge in [-0.2, -0.15) is 0 Å². The second-order valence-electron chi connectivity index (χ2n) is 5.17. The summed E-state index contributed by atoms with van der Waals surface area (Å²) in [5.74, 6) is 0.931. The monoisotopic (exact) mass is 422 g/mol. The Bertz CT molecular complexity index is 793. The minimum Gasteiger partial charge on any atom is -0.493 e. The molecule has 0 saturated heterocycles. The van der Waals surface area contributed by atoms with Gasteiger partial charge < -0.3 is 24.8 Å². The van der Waals surface area contributed by atoms with Crippen LogP contribution in [0.4, 0.5) is 0 Å². The summed E-state index contributed by atoms with van der Waals surface area (Å²) in [5.41, 5.74) is 6.38. The van der Waals surface area contributed by atoms with Crippen LogP contribution in [0, 0.1) is 0 Å². The molecule has 0 saturated carbocycles. The van der Waals surface area contributed by atoms with Crippen LogP contribution >= 0.6 is 15.9 Å². The molecule has 8 heteroatoms. The molecule has 2 rings (SSSR count). The molecule has 2 N–H and O–H groups in total. The van der Waals surface area contributed by atoms with Gasteiger partial charge in [-0.25, -0.2) is 4.79 Å². The smallest absolute Gasteiger partial charge is 0.374 e. The number of oxime groups is 1. The number of methoxy groups -OCH3 is 2. The molecule has 0 unspecified atom stereocenters. The third kappa shape index (κ3) is 5.13. The maximum atomic E-state index is 12.0. The standard InChI is InChI=1S/C18H19BrN2O5/c1-11(25-14-7-5-13(19)6-8-14)18(22)26-21-17(20)12-4-9-15(23-2)16(10-12)24-3/h4-11H,1-3H3,(H2,20,21)/t11-/m1/s1. The Balaban J connectivity index is 2.00. The first-order valence-corrected chi connectivity index (χ1v) is 8.43. The van der Waals surface area contributed by atoms with Crippen molar-refractivity contribution in [3.8, 4) is 17.2 Å². The Labute approximate surface area is 159 Å². The first-order valence-electron chi connectivity index (χ1n) is 7.63. The maximum Gasteiger partial charge on any atom is 0.374 e. The number of amidine groups is 1. The summed E-state index contributed by atoms with van der Waals surface area (Å²) in [6.45, 7) is 1.56. The van der Waals surface area contributed by atoms with E-state index in [1.165, 1.54) is 14.2 Å². The lowest BCUT2D eigenvalue weighted by atomic mass is 10.2.